The molecule has 2 aliphatic rings. The summed E-state index contributed by atoms with van der Waals surface area (Å²) in [4.78, 5) is 30.2. The van der Waals surface area contributed by atoms with Gasteiger partial charge in [0.25, 0.3) is 0 Å². The topological polar surface area (TPSA) is 62.3 Å². The van der Waals surface area contributed by atoms with Crippen molar-refractivity contribution >= 4 is 23.2 Å². The fourth-order valence-electron chi connectivity index (χ4n) is 2.87. The van der Waals surface area contributed by atoms with Crippen molar-refractivity contribution in [2.24, 2.45) is 5.92 Å². The third-order valence-electron chi connectivity index (χ3n) is 4.37. The highest BCUT2D eigenvalue weighted by Crippen LogP contribution is 2.35. The average Bonchev–Trinajstić information content (AvgIpc) is 3.30. The van der Waals surface area contributed by atoms with E-state index in [1.165, 1.54) is 0 Å². The van der Waals surface area contributed by atoms with Crippen LogP contribution in [0.4, 0.5) is 0 Å². The number of piperidine rings is 1. The number of likely N-dealkylation sites (tertiary alicyclic amines) is 1. The molecule has 1 aromatic rings. The Balaban J connectivity index is 1.57. The van der Waals surface area contributed by atoms with Gasteiger partial charge in [0.1, 0.15) is 0 Å². The first-order valence-corrected chi connectivity index (χ1v) is 9.05. The van der Waals surface area contributed by atoms with Crippen molar-refractivity contribution in [1.82, 2.24) is 15.2 Å². The molecule has 1 saturated carbocycles. The highest BCUT2D eigenvalue weighted by Gasteiger charge is 2.36. The number of carbonyl (C=O) groups is 2. The third kappa shape index (κ3) is 3.66. The fraction of sp³-hybridized carbons (Fsp3) is 0.688. The number of aromatic nitrogens is 1. The Morgan fingerprint density at radius 2 is 2.23 bits per heavy atom. The van der Waals surface area contributed by atoms with Crippen LogP contribution in [-0.2, 0) is 16.1 Å². The van der Waals surface area contributed by atoms with Crippen LogP contribution in [0.15, 0.2) is 5.38 Å². The number of rotatable bonds is 5. The zero-order valence-corrected chi connectivity index (χ0v) is 13.8. The molecule has 3 rings (SSSR count). The van der Waals surface area contributed by atoms with Gasteiger partial charge in [-0.05, 0) is 25.7 Å². The van der Waals surface area contributed by atoms with Crippen LogP contribution in [-0.4, -0.2) is 34.8 Å². The van der Waals surface area contributed by atoms with E-state index in [4.69, 9.17) is 0 Å². The molecule has 1 aromatic heterocycles. The molecule has 2 heterocycles. The Kier molecular flexibility index (Phi) is 4.76. The minimum absolute atomic E-state index is 0.0495. The van der Waals surface area contributed by atoms with Crippen LogP contribution in [0.1, 0.15) is 55.6 Å². The highest BCUT2D eigenvalue weighted by atomic mass is 32.1. The number of hydrogen-bond acceptors (Lipinski definition) is 4. The van der Waals surface area contributed by atoms with Crippen molar-refractivity contribution < 1.29 is 9.59 Å². The van der Waals surface area contributed by atoms with E-state index in [2.05, 4.69) is 10.3 Å². The molecule has 1 unspecified atom stereocenters. The van der Waals surface area contributed by atoms with Crippen LogP contribution in [0.2, 0.25) is 0 Å². The molecule has 0 radical (unpaired) electrons. The van der Waals surface area contributed by atoms with Gasteiger partial charge < -0.3 is 10.2 Å². The standard InChI is InChI=1S/C16H23N3O2S/c1-2-14(20)17-8-13-10-22-15(18-13)12-4-3-7-19(9-12)16(21)11-5-6-11/h10-12H,2-9H2,1H3,(H,17,20). The summed E-state index contributed by atoms with van der Waals surface area (Å²) in [6.45, 7) is 4.05. The molecule has 1 saturated heterocycles. The molecule has 0 bridgehead atoms. The van der Waals surface area contributed by atoms with Crippen molar-refractivity contribution in [3.05, 3.63) is 16.1 Å². The summed E-state index contributed by atoms with van der Waals surface area (Å²) in [5.74, 6) is 1.05. The Bertz CT molecular complexity index is 553. The van der Waals surface area contributed by atoms with Gasteiger partial charge in [0.2, 0.25) is 11.8 Å². The van der Waals surface area contributed by atoms with Gasteiger partial charge in [0, 0.05) is 36.7 Å². The van der Waals surface area contributed by atoms with Crippen molar-refractivity contribution in [3.63, 3.8) is 0 Å². The monoisotopic (exact) mass is 321 g/mol. The molecule has 0 spiro atoms. The van der Waals surface area contributed by atoms with E-state index in [0.717, 1.165) is 49.5 Å². The number of nitrogens with zero attached hydrogens (tertiary/aromatic N) is 2. The highest BCUT2D eigenvalue weighted by molar-refractivity contribution is 7.09. The summed E-state index contributed by atoms with van der Waals surface area (Å²) >= 11 is 1.65. The van der Waals surface area contributed by atoms with E-state index >= 15 is 0 Å². The maximum Gasteiger partial charge on any atom is 0.225 e. The molecule has 2 amide bonds. The first-order valence-electron chi connectivity index (χ1n) is 8.17. The van der Waals surface area contributed by atoms with Crippen LogP contribution < -0.4 is 5.32 Å². The summed E-state index contributed by atoms with van der Waals surface area (Å²) in [5.41, 5.74) is 0.924. The second-order valence-corrected chi connectivity index (χ2v) is 7.09. The zero-order valence-electron chi connectivity index (χ0n) is 13.0. The van der Waals surface area contributed by atoms with E-state index < -0.39 is 0 Å². The lowest BCUT2D eigenvalue weighted by atomic mass is 9.98. The van der Waals surface area contributed by atoms with Crippen LogP contribution >= 0.6 is 11.3 Å². The van der Waals surface area contributed by atoms with E-state index in [-0.39, 0.29) is 5.91 Å². The normalized spacial score (nSPS) is 21.7. The van der Waals surface area contributed by atoms with E-state index in [1.807, 2.05) is 17.2 Å². The first kappa shape index (κ1) is 15.5. The summed E-state index contributed by atoms with van der Waals surface area (Å²) in [7, 11) is 0. The van der Waals surface area contributed by atoms with E-state index in [0.29, 0.717) is 30.7 Å². The largest absolute Gasteiger partial charge is 0.350 e. The molecule has 120 valence electrons. The lowest BCUT2D eigenvalue weighted by Gasteiger charge is -2.32. The van der Waals surface area contributed by atoms with Crippen LogP contribution in [0.5, 0.6) is 0 Å². The molecule has 6 heteroatoms. The molecule has 1 aliphatic heterocycles. The van der Waals surface area contributed by atoms with Gasteiger partial charge in [0.05, 0.1) is 17.2 Å². The van der Waals surface area contributed by atoms with Crippen molar-refractivity contribution in [2.45, 2.75) is 51.5 Å². The van der Waals surface area contributed by atoms with Crippen molar-refractivity contribution in [2.75, 3.05) is 13.1 Å². The molecule has 5 nitrogen and oxygen atoms in total. The number of thiazole rings is 1. The maximum absolute atomic E-state index is 12.2. The number of amides is 2. The number of nitrogens with one attached hydrogen (secondary N) is 1. The Morgan fingerprint density at radius 3 is 2.95 bits per heavy atom. The second kappa shape index (κ2) is 6.77. The van der Waals surface area contributed by atoms with Gasteiger partial charge in [-0.1, -0.05) is 6.92 Å². The predicted octanol–water partition coefficient (Wildman–Crippen LogP) is 2.29. The van der Waals surface area contributed by atoms with E-state index in [9.17, 15) is 9.59 Å². The van der Waals surface area contributed by atoms with Gasteiger partial charge in [0.15, 0.2) is 0 Å². The van der Waals surface area contributed by atoms with Gasteiger partial charge in [-0.3, -0.25) is 9.59 Å². The van der Waals surface area contributed by atoms with E-state index in [1.54, 1.807) is 11.3 Å². The molecular formula is C16H23N3O2S. The summed E-state index contributed by atoms with van der Waals surface area (Å²) in [6.07, 6.45) is 4.79. The van der Waals surface area contributed by atoms with Gasteiger partial charge in [-0.15, -0.1) is 11.3 Å². The van der Waals surface area contributed by atoms with Crippen LogP contribution in [0.25, 0.3) is 0 Å². The predicted molar refractivity (Wildman–Crippen MR) is 85.5 cm³/mol. The molecule has 0 aromatic carbocycles. The minimum Gasteiger partial charge on any atom is -0.350 e. The molecule has 1 atom stereocenters. The fourth-order valence-corrected chi connectivity index (χ4v) is 3.82. The van der Waals surface area contributed by atoms with Crippen LogP contribution in [0.3, 0.4) is 0 Å². The van der Waals surface area contributed by atoms with Crippen molar-refractivity contribution in [1.29, 1.82) is 0 Å². The van der Waals surface area contributed by atoms with Gasteiger partial charge in [-0.25, -0.2) is 4.98 Å². The Hall–Kier alpha value is -1.43. The summed E-state index contributed by atoms with van der Waals surface area (Å²) < 4.78 is 0. The smallest absolute Gasteiger partial charge is 0.225 e. The number of carbonyl (C=O) groups excluding carboxylic acids is 2. The quantitative estimate of drug-likeness (QED) is 0.905. The summed E-state index contributed by atoms with van der Waals surface area (Å²) in [5, 5.41) is 5.98. The summed E-state index contributed by atoms with van der Waals surface area (Å²) in [6, 6.07) is 0. The molecule has 2 fully saturated rings. The molecule has 1 N–H and O–H groups in total. The zero-order chi connectivity index (χ0) is 15.5. The maximum atomic E-state index is 12.2. The number of hydrogen-bond donors (Lipinski definition) is 1. The van der Waals surface area contributed by atoms with Gasteiger partial charge >= 0.3 is 0 Å². The SMILES string of the molecule is CCC(=O)NCc1csc(C2CCCN(C(=O)C3CC3)C2)n1. The van der Waals surface area contributed by atoms with Crippen molar-refractivity contribution in [3.8, 4) is 0 Å². The Labute approximate surface area is 135 Å². The molecule has 1 aliphatic carbocycles. The lowest BCUT2D eigenvalue weighted by Crippen LogP contribution is -2.39. The van der Waals surface area contributed by atoms with Crippen LogP contribution in [0, 0.1) is 5.92 Å². The first-order chi connectivity index (χ1) is 10.7. The third-order valence-corrected chi connectivity index (χ3v) is 5.42. The lowest BCUT2D eigenvalue weighted by molar-refractivity contribution is -0.133. The minimum atomic E-state index is 0.0495. The second-order valence-electron chi connectivity index (χ2n) is 6.21. The molecular weight excluding hydrogens is 298 g/mol. The molecule has 22 heavy (non-hydrogen) atoms. The Morgan fingerprint density at radius 1 is 1.41 bits per heavy atom. The van der Waals surface area contributed by atoms with Gasteiger partial charge in [-0.2, -0.15) is 0 Å². The average molecular weight is 321 g/mol.